The van der Waals surface area contributed by atoms with Crippen molar-refractivity contribution in [1.29, 1.82) is 0 Å². The van der Waals surface area contributed by atoms with Gasteiger partial charge in [-0.2, -0.15) is 0 Å². The lowest BCUT2D eigenvalue weighted by Gasteiger charge is -2.32. The van der Waals surface area contributed by atoms with Crippen LogP contribution >= 0.6 is 0 Å². The number of primary sulfonamides is 1. The number of nitrogens with zero attached hydrogens (tertiary/aromatic N) is 3. The van der Waals surface area contributed by atoms with E-state index in [1.165, 1.54) is 0 Å². The molecule has 1 aliphatic heterocycles. The van der Waals surface area contributed by atoms with Crippen LogP contribution in [0.4, 0.5) is 11.5 Å². The summed E-state index contributed by atoms with van der Waals surface area (Å²) in [4.78, 5) is 8.67. The second-order valence-corrected chi connectivity index (χ2v) is 7.84. The van der Waals surface area contributed by atoms with E-state index in [1.54, 1.807) is 18.3 Å². The molecule has 0 saturated heterocycles. The Bertz CT molecular complexity index is 849. The zero-order chi connectivity index (χ0) is 17.3. The van der Waals surface area contributed by atoms with Crippen molar-refractivity contribution in [3.8, 4) is 0 Å². The molecule has 0 amide bonds. The monoisotopic (exact) mass is 346 g/mol. The number of aromatic nitrogens is 1. The molecule has 2 aromatic rings. The molecule has 0 aliphatic carbocycles. The number of benzene rings is 1. The molecule has 24 heavy (non-hydrogen) atoms. The van der Waals surface area contributed by atoms with Crippen LogP contribution < -0.4 is 14.9 Å². The van der Waals surface area contributed by atoms with E-state index in [0.717, 1.165) is 42.0 Å². The number of fused-ring (bicyclic) bond motifs is 1. The Kier molecular flexibility index (Phi) is 4.47. The third kappa shape index (κ3) is 3.52. The average Bonchev–Trinajstić information content (AvgIpc) is 2.54. The molecule has 0 radical (unpaired) electrons. The summed E-state index contributed by atoms with van der Waals surface area (Å²) in [5.41, 5.74) is 3.26. The lowest BCUT2D eigenvalue weighted by molar-refractivity contribution is 0.597. The average molecular weight is 346 g/mol. The normalized spacial score (nSPS) is 14.4. The van der Waals surface area contributed by atoms with Gasteiger partial charge in [-0.3, -0.25) is 0 Å². The van der Waals surface area contributed by atoms with E-state index >= 15 is 0 Å². The Morgan fingerprint density at radius 3 is 2.75 bits per heavy atom. The quantitative estimate of drug-likeness (QED) is 0.912. The highest BCUT2D eigenvalue weighted by Gasteiger charge is 2.20. The van der Waals surface area contributed by atoms with Gasteiger partial charge >= 0.3 is 0 Å². The van der Waals surface area contributed by atoms with E-state index in [0.29, 0.717) is 6.54 Å². The summed E-state index contributed by atoms with van der Waals surface area (Å²) < 4.78 is 23.3. The first kappa shape index (κ1) is 16.7. The van der Waals surface area contributed by atoms with Gasteiger partial charge in [0.1, 0.15) is 5.82 Å². The van der Waals surface area contributed by atoms with Crippen molar-refractivity contribution in [3.63, 3.8) is 0 Å². The fourth-order valence-electron chi connectivity index (χ4n) is 3.00. The molecule has 3 rings (SSSR count). The van der Waals surface area contributed by atoms with Crippen LogP contribution in [0, 0.1) is 0 Å². The topological polar surface area (TPSA) is 79.5 Å². The smallest absolute Gasteiger partial charge is 0.238 e. The Labute approximate surface area is 143 Å². The number of nitrogens with two attached hydrogens (primary N) is 1. The molecule has 1 aromatic carbocycles. The fraction of sp³-hybridized carbons (Fsp3) is 0.353. The van der Waals surface area contributed by atoms with E-state index < -0.39 is 10.0 Å². The maximum atomic E-state index is 11.6. The van der Waals surface area contributed by atoms with Crippen LogP contribution in [0.3, 0.4) is 0 Å². The number of hydrogen-bond acceptors (Lipinski definition) is 5. The van der Waals surface area contributed by atoms with Gasteiger partial charge in [0.15, 0.2) is 0 Å². The summed E-state index contributed by atoms with van der Waals surface area (Å²) in [5, 5.41) is 5.28. The molecular weight excluding hydrogens is 324 g/mol. The molecule has 0 saturated carbocycles. The number of sulfonamides is 1. The molecule has 0 fully saturated rings. The molecule has 128 valence electrons. The highest BCUT2D eigenvalue weighted by Crippen LogP contribution is 2.30. The molecule has 2 N–H and O–H groups in total. The summed E-state index contributed by atoms with van der Waals surface area (Å²) in [6, 6.07) is 9.20. The molecule has 0 spiro atoms. The van der Waals surface area contributed by atoms with Crippen molar-refractivity contribution in [2.45, 2.75) is 24.3 Å². The van der Waals surface area contributed by atoms with Gasteiger partial charge in [-0.15, -0.1) is 0 Å². The Hall–Kier alpha value is -2.12. The van der Waals surface area contributed by atoms with Crippen LogP contribution in [0.5, 0.6) is 0 Å². The van der Waals surface area contributed by atoms with Gasteiger partial charge in [-0.05, 0) is 48.2 Å². The third-order valence-corrected chi connectivity index (χ3v) is 5.15. The summed E-state index contributed by atoms with van der Waals surface area (Å²) >= 11 is 0. The molecule has 0 unspecified atom stereocenters. The molecule has 7 heteroatoms. The van der Waals surface area contributed by atoms with Crippen molar-refractivity contribution in [3.05, 3.63) is 47.7 Å². The van der Waals surface area contributed by atoms with Crippen LogP contribution in [0.15, 0.2) is 41.4 Å². The zero-order valence-corrected chi connectivity index (χ0v) is 14.8. The van der Waals surface area contributed by atoms with Gasteiger partial charge in [-0.1, -0.05) is 6.07 Å². The molecule has 0 bridgehead atoms. The van der Waals surface area contributed by atoms with Crippen LogP contribution in [-0.4, -0.2) is 34.0 Å². The predicted molar refractivity (Wildman–Crippen MR) is 95.8 cm³/mol. The molecule has 6 nitrogen and oxygen atoms in total. The van der Waals surface area contributed by atoms with Crippen LogP contribution in [0.2, 0.25) is 0 Å². The summed E-state index contributed by atoms with van der Waals surface area (Å²) in [7, 11) is 0.224. The fourth-order valence-corrected chi connectivity index (χ4v) is 3.53. The maximum Gasteiger partial charge on any atom is 0.238 e. The standard InChI is InChI=1S/C17H22N4O2S/c1-20(2)17-10-13(7-8-19-17)12-21-9-3-4-14-5-6-15(11-16(14)21)24(18,22)23/h5-8,10-11H,3-4,9,12H2,1-2H3,(H2,18,22,23). The second-order valence-electron chi connectivity index (χ2n) is 6.28. The van der Waals surface area contributed by atoms with Crippen LogP contribution in [0.1, 0.15) is 17.5 Å². The number of pyridine rings is 1. The third-order valence-electron chi connectivity index (χ3n) is 4.24. The van der Waals surface area contributed by atoms with E-state index in [2.05, 4.69) is 16.0 Å². The first-order valence-electron chi connectivity index (χ1n) is 7.87. The van der Waals surface area contributed by atoms with Crippen molar-refractivity contribution in [2.24, 2.45) is 5.14 Å². The summed E-state index contributed by atoms with van der Waals surface area (Å²) in [5.74, 6) is 0.906. The predicted octanol–water partition coefficient (Wildman–Crippen LogP) is 1.75. The SMILES string of the molecule is CN(C)c1cc(CN2CCCc3ccc(S(N)(=O)=O)cc32)ccn1. The molecule has 1 aliphatic rings. The number of rotatable bonds is 4. The minimum atomic E-state index is -3.69. The van der Waals surface area contributed by atoms with Gasteiger partial charge in [0.05, 0.1) is 4.90 Å². The Morgan fingerprint density at radius 1 is 1.25 bits per heavy atom. The maximum absolute atomic E-state index is 11.6. The lowest BCUT2D eigenvalue weighted by atomic mass is 10.0. The number of hydrogen-bond donors (Lipinski definition) is 1. The van der Waals surface area contributed by atoms with Crippen LogP contribution in [-0.2, 0) is 23.0 Å². The second kappa shape index (κ2) is 6.41. The van der Waals surface area contributed by atoms with Crippen molar-refractivity contribution in [2.75, 3.05) is 30.4 Å². The van der Waals surface area contributed by atoms with Crippen molar-refractivity contribution < 1.29 is 8.42 Å². The largest absolute Gasteiger partial charge is 0.367 e. The van der Waals surface area contributed by atoms with Crippen molar-refractivity contribution in [1.82, 2.24) is 4.98 Å². The van der Waals surface area contributed by atoms with Gasteiger partial charge in [0.2, 0.25) is 10.0 Å². The van der Waals surface area contributed by atoms with Gasteiger partial charge in [0.25, 0.3) is 0 Å². The first-order chi connectivity index (χ1) is 11.3. The Morgan fingerprint density at radius 2 is 2.04 bits per heavy atom. The number of anilines is 2. The van der Waals surface area contributed by atoms with Gasteiger partial charge in [0, 0.05) is 39.1 Å². The van der Waals surface area contributed by atoms with E-state index in [-0.39, 0.29) is 4.90 Å². The number of aryl methyl sites for hydroxylation is 1. The van der Waals surface area contributed by atoms with Gasteiger partial charge in [-0.25, -0.2) is 18.5 Å². The molecule has 2 heterocycles. The summed E-state index contributed by atoms with van der Waals surface area (Å²) in [6.45, 7) is 1.60. The molecule has 1 aromatic heterocycles. The minimum absolute atomic E-state index is 0.164. The van der Waals surface area contributed by atoms with Crippen molar-refractivity contribution >= 4 is 21.5 Å². The highest BCUT2D eigenvalue weighted by atomic mass is 32.2. The molecule has 0 atom stereocenters. The molecular formula is C17H22N4O2S. The lowest BCUT2D eigenvalue weighted by Crippen LogP contribution is -2.29. The zero-order valence-electron chi connectivity index (χ0n) is 13.9. The van der Waals surface area contributed by atoms with Gasteiger partial charge < -0.3 is 9.80 Å². The van der Waals surface area contributed by atoms with E-state index in [9.17, 15) is 8.42 Å². The first-order valence-corrected chi connectivity index (χ1v) is 9.42. The summed E-state index contributed by atoms with van der Waals surface area (Å²) in [6.07, 6.45) is 3.81. The Balaban J connectivity index is 1.93. The van der Waals surface area contributed by atoms with E-state index in [4.69, 9.17) is 5.14 Å². The van der Waals surface area contributed by atoms with Crippen LogP contribution in [0.25, 0.3) is 0 Å². The van der Waals surface area contributed by atoms with E-state index in [1.807, 2.05) is 31.1 Å². The highest BCUT2D eigenvalue weighted by molar-refractivity contribution is 7.89. The minimum Gasteiger partial charge on any atom is -0.367 e.